The van der Waals surface area contributed by atoms with E-state index in [2.05, 4.69) is 20.8 Å². The minimum absolute atomic E-state index is 0.0601. The highest BCUT2D eigenvalue weighted by Crippen LogP contribution is 2.20. The van der Waals surface area contributed by atoms with Gasteiger partial charge in [-0.2, -0.15) is 0 Å². The third-order valence-electron chi connectivity index (χ3n) is 18.1. The molecule has 0 rings (SSSR count). The molecule has 0 bridgehead atoms. The Balaban J connectivity index is 4.06. The van der Waals surface area contributed by atoms with Crippen molar-refractivity contribution in [3.8, 4) is 0 Å². The number of unbranched alkanes of at least 4 members (excludes halogenated alkanes) is 62. The lowest BCUT2D eigenvalue weighted by molar-refractivity contribution is -0.167. The Morgan fingerprint density at radius 3 is 0.482 bits per heavy atom. The molecule has 0 aliphatic rings. The second-order valence-electron chi connectivity index (χ2n) is 26.6. The summed E-state index contributed by atoms with van der Waals surface area (Å²) in [5, 5.41) is 0. The maximum absolute atomic E-state index is 12.9. The number of hydrogen-bond acceptors (Lipinski definition) is 6. The van der Waals surface area contributed by atoms with E-state index in [4.69, 9.17) is 14.2 Å². The average molecular weight is 1170 g/mol. The van der Waals surface area contributed by atoms with E-state index in [1.807, 2.05) is 0 Å². The third kappa shape index (κ3) is 71.1. The molecule has 0 aliphatic carbocycles. The summed E-state index contributed by atoms with van der Waals surface area (Å²) >= 11 is 0. The summed E-state index contributed by atoms with van der Waals surface area (Å²) in [6, 6.07) is 0. The van der Waals surface area contributed by atoms with E-state index in [1.54, 1.807) is 0 Å². The fourth-order valence-electron chi connectivity index (χ4n) is 12.3. The zero-order valence-electron chi connectivity index (χ0n) is 57.0. The number of esters is 3. The quantitative estimate of drug-likeness (QED) is 0.0343. The average Bonchev–Trinajstić information content (AvgIpc) is 3.49. The first-order valence-electron chi connectivity index (χ1n) is 38.5. The molecule has 6 heteroatoms. The van der Waals surface area contributed by atoms with Crippen LogP contribution in [0.5, 0.6) is 0 Å². The van der Waals surface area contributed by atoms with Gasteiger partial charge in [-0.25, -0.2) is 0 Å². The van der Waals surface area contributed by atoms with Gasteiger partial charge in [-0.05, 0) is 19.3 Å². The summed E-state index contributed by atoms with van der Waals surface area (Å²) < 4.78 is 17.0. The smallest absolute Gasteiger partial charge is 0.306 e. The largest absolute Gasteiger partial charge is 0.462 e. The van der Waals surface area contributed by atoms with Gasteiger partial charge in [0.1, 0.15) is 13.2 Å². The SMILES string of the molecule is CCCCCCCCCCCCCCCCCCCCCCCCCCCCCCCCCCCCC(=O)OCC(COC(=O)CCCCCCCCCCCCCCCCC)OC(=O)CCCCCCCCCCCCCCCCCC. The van der Waals surface area contributed by atoms with Gasteiger partial charge in [-0.1, -0.05) is 419 Å². The number of hydrogen-bond donors (Lipinski definition) is 0. The highest BCUT2D eigenvalue weighted by atomic mass is 16.6. The van der Waals surface area contributed by atoms with Crippen molar-refractivity contribution in [1.82, 2.24) is 0 Å². The van der Waals surface area contributed by atoms with Crippen molar-refractivity contribution in [2.24, 2.45) is 0 Å². The molecule has 0 aromatic carbocycles. The summed E-state index contributed by atoms with van der Waals surface area (Å²) in [6.45, 7) is 6.75. The maximum atomic E-state index is 12.9. The molecule has 0 heterocycles. The lowest BCUT2D eigenvalue weighted by Crippen LogP contribution is -2.30. The lowest BCUT2D eigenvalue weighted by Gasteiger charge is -2.18. The van der Waals surface area contributed by atoms with Gasteiger partial charge in [0.2, 0.25) is 0 Å². The van der Waals surface area contributed by atoms with Gasteiger partial charge in [0.25, 0.3) is 0 Å². The Morgan fingerprint density at radius 2 is 0.325 bits per heavy atom. The van der Waals surface area contributed by atoms with Gasteiger partial charge in [-0.15, -0.1) is 0 Å². The first-order valence-corrected chi connectivity index (χ1v) is 38.5. The van der Waals surface area contributed by atoms with Gasteiger partial charge in [0, 0.05) is 19.3 Å². The van der Waals surface area contributed by atoms with Crippen LogP contribution in [0.1, 0.15) is 457 Å². The molecule has 0 saturated carbocycles. The molecule has 0 radical (unpaired) electrons. The number of carbonyl (C=O) groups excluding carboxylic acids is 3. The highest BCUT2D eigenvalue weighted by molar-refractivity contribution is 5.71. The zero-order valence-corrected chi connectivity index (χ0v) is 57.0. The van der Waals surface area contributed by atoms with Crippen LogP contribution in [-0.2, 0) is 28.6 Å². The van der Waals surface area contributed by atoms with Crippen molar-refractivity contribution in [3.05, 3.63) is 0 Å². The predicted molar refractivity (Wildman–Crippen MR) is 363 cm³/mol. The summed E-state index contributed by atoms with van der Waals surface area (Å²) in [6.07, 6.45) is 87.4. The molecule has 0 N–H and O–H groups in total. The molecule has 1 atom stereocenters. The van der Waals surface area contributed by atoms with Crippen molar-refractivity contribution in [2.45, 2.75) is 463 Å². The van der Waals surface area contributed by atoms with Crippen molar-refractivity contribution >= 4 is 17.9 Å². The van der Waals surface area contributed by atoms with Gasteiger partial charge in [0.15, 0.2) is 6.10 Å². The summed E-state index contributed by atoms with van der Waals surface area (Å²) in [4.78, 5) is 38.5. The van der Waals surface area contributed by atoms with Gasteiger partial charge in [-0.3, -0.25) is 14.4 Å². The summed E-state index contributed by atoms with van der Waals surface area (Å²) in [5.74, 6) is -0.818. The van der Waals surface area contributed by atoms with Crippen LogP contribution in [0.3, 0.4) is 0 Å². The highest BCUT2D eigenvalue weighted by Gasteiger charge is 2.20. The second kappa shape index (κ2) is 72.9. The minimum atomic E-state index is -0.763. The molecule has 6 nitrogen and oxygen atoms in total. The van der Waals surface area contributed by atoms with Gasteiger partial charge in [0.05, 0.1) is 0 Å². The van der Waals surface area contributed by atoms with E-state index in [9.17, 15) is 14.4 Å². The Bertz CT molecular complexity index is 1250. The Hall–Kier alpha value is -1.59. The van der Waals surface area contributed by atoms with E-state index < -0.39 is 6.10 Å². The van der Waals surface area contributed by atoms with Crippen molar-refractivity contribution in [2.75, 3.05) is 13.2 Å². The van der Waals surface area contributed by atoms with Crippen LogP contribution in [0.25, 0.3) is 0 Å². The lowest BCUT2D eigenvalue weighted by atomic mass is 10.0. The van der Waals surface area contributed by atoms with Gasteiger partial charge < -0.3 is 14.2 Å². The van der Waals surface area contributed by atoms with E-state index in [-0.39, 0.29) is 31.1 Å². The van der Waals surface area contributed by atoms with Crippen LogP contribution in [0.4, 0.5) is 0 Å². The molecule has 0 fully saturated rings. The molecule has 0 amide bonds. The fourth-order valence-corrected chi connectivity index (χ4v) is 12.3. The van der Waals surface area contributed by atoms with Crippen LogP contribution >= 0.6 is 0 Å². The van der Waals surface area contributed by atoms with E-state index in [0.717, 1.165) is 57.8 Å². The monoisotopic (exact) mass is 1170 g/mol. The molecular formula is C77H150O6. The summed E-state index contributed by atoms with van der Waals surface area (Å²) in [5.41, 5.74) is 0. The van der Waals surface area contributed by atoms with Crippen molar-refractivity contribution < 1.29 is 28.6 Å². The molecular weight excluding hydrogens is 1020 g/mol. The topological polar surface area (TPSA) is 78.9 Å². The summed E-state index contributed by atoms with van der Waals surface area (Å²) in [7, 11) is 0. The molecule has 0 aromatic heterocycles. The number of ether oxygens (including phenoxy) is 3. The molecule has 0 saturated heterocycles. The number of carbonyl (C=O) groups is 3. The normalized spacial score (nSPS) is 11.9. The predicted octanol–water partition coefficient (Wildman–Crippen LogP) is 26.6. The second-order valence-corrected chi connectivity index (χ2v) is 26.6. The van der Waals surface area contributed by atoms with Crippen LogP contribution in [0.2, 0.25) is 0 Å². The Kier molecular flexibility index (Phi) is 71.5. The molecule has 83 heavy (non-hydrogen) atoms. The first-order chi connectivity index (χ1) is 41.0. The molecule has 1 unspecified atom stereocenters. The minimum Gasteiger partial charge on any atom is -0.462 e. The zero-order chi connectivity index (χ0) is 59.9. The molecule has 0 spiro atoms. The van der Waals surface area contributed by atoms with E-state index in [0.29, 0.717) is 19.3 Å². The Morgan fingerprint density at radius 1 is 0.193 bits per heavy atom. The molecule has 0 aliphatic heterocycles. The maximum Gasteiger partial charge on any atom is 0.306 e. The fraction of sp³-hybridized carbons (Fsp3) is 0.961. The van der Waals surface area contributed by atoms with Crippen molar-refractivity contribution in [1.29, 1.82) is 0 Å². The van der Waals surface area contributed by atoms with Gasteiger partial charge >= 0.3 is 17.9 Å². The van der Waals surface area contributed by atoms with Crippen molar-refractivity contribution in [3.63, 3.8) is 0 Å². The first kappa shape index (κ1) is 81.4. The van der Waals surface area contributed by atoms with Crippen LogP contribution in [0, 0.1) is 0 Å². The van der Waals surface area contributed by atoms with E-state index in [1.165, 1.54) is 360 Å². The molecule has 494 valence electrons. The molecule has 0 aromatic rings. The Labute approximate surface area is 520 Å². The van der Waals surface area contributed by atoms with Crippen LogP contribution < -0.4 is 0 Å². The number of rotatable bonds is 73. The standard InChI is InChI=1S/C77H150O6/c1-4-7-10-13-16-19-22-25-28-30-31-32-33-34-35-36-37-38-39-40-41-42-43-44-45-46-47-50-52-55-58-61-64-67-70-76(79)82-73-74(72-81-75(78)69-66-63-60-57-54-51-48-27-24-21-18-15-12-9-6-3)83-77(80)71-68-65-62-59-56-53-49-29-26-23-20-17-14-11-8-5-2/h74H,4-73H2,1-3H3. The van der Waals surface area contributed by atoms with Crippen LogP contribution in [-0.4, -0.2) is 37.2 Å². The van der Waals surface area contributed by atoms with E-state index >= 15 is 0 Å². The third-order valence-corrected chi connectivity index (χ3v) is 18.1. The van der Waals surface area contributed by atoms with Crippen LogP contribution in [0.15, 0.2) is 0 Å².